The standard InChI is InChI=1S/C18H17N5OS/c1-11(2)24-13-8-9-14-15(10-13)25-18-22-16(19)21-17(23(14)18)20-12-6-4-3-5-7-12/h3-11H,1-2H3,(H2,19,20,21)/p+1. The number of hydrogen-bond donors (Lipinski definition) is 2. The van der Waals surface area contributed by atoms with Crippen LogP contribution in [0.5, 0.6) is 5.75 Å². The van der Waals surface area contributed by atoms with E-state index in [4.69, 9.17) is 10.5 Å². The van der Waals surface area contributed by atoms with Gasteiger partial charge in [0.1, 0.15) is 11.3 Å². The molecular weight excluding hydrogens is 334 g/mol. The van der Waals surface area contributed by atoms with Crippen molar-refractivity contribution in [2.24, 2.45) is 0 Å². The average molecular weight is 352 g/mol. The van der Waals surface area contributed by atoms with Gasteiger partial charge in [0, 0.05) is 6.07 Å². The van der Waals surface area contributed by atoms with E-state index in [2.05, 4.69) is 15.3 Å². The summed E-state index contributed by atoms with van der Waals surface area (Å²) in [4.78, 5) is 9.54. The maximum absolute atomic E-state index is 5.90. The van der Waals surface area contributed by atoms with Crippen molar-refractivity contribution in [1.29, 1.82) is 0 Å². The van der Waals surface area contributed by atoms with E-state index >= 15 is 0 Å². The van der Waals surface area contributed by atoms with E-state index in [0.29, 0.717) is 5.95 Å². The smallest absolute Gasteiger partial charge is 0.362 e. The number of fused-ring (bicyclic) bond motifs is 3. The van der Waals surface area contributed by atoms with E-state index in [1.807, 2.05) is 66.8 Å². The summed E-state index contributed by atoms with van der Waals surface area (Å²) in [5.41, 5.74) is 7.85. The van der Waals surface area contributed by atoms with Crippen LogP contribution in [0.2, 0.25) is 0 Å². The van der Waals surface area contributed by atoms with E-state index in [1.54, 1.807) is 11.3 Å². The number of aromatic nitrogens is 3. The zero-order valence-corrected chi connectivity index (χ0v) is 14.7. The largest absolute Gasteiger partial charge is 0.491 e. The van der Waals surface area contributed by atoms with Crippen LogP contribution in [0.4, 0.5) is 17.6 Å². The Balaban J connectivity index is 1.87. The number of thiazole rings is 1. The number of rotatable bonds is 4. The third-order valence-corrected chi connectivity index (χ3v) is 4.61. The van der Waals surface area contributed by atoms with Crippen LogP contribution >= 0.6 is 11.3 Å². The Hall–Kier alpha value is -2.93. The molecule has 0 saturated carbocycles. The summed E-state index contributed by atoms with van der Waals surface area (Å²) in [7, 11) is 0. The number of benzene rings is 2. The summed E-state index contributed by atoms with van der Waals surface area (Å²) < 4.78 is 8.83. The number of hydrogen-bond acceptors (Lipinski definition) is 6. The molecule has 25 heavy (non-hydrogen) atoms. The highest BCUT2D eigenvalue weighted by molar-refractivity contribution is 7.22. The van der Waals surface area contributed by atoms with Gasteiger partial charge < -0.3 is 10.5 Å². The fraction of sp³-hybridized carbons (Fsp3) is 0.167. The van der Waals surface area contributed by atoms with Gasteiger partial charge >= 0.3 is 16.9 Å². The molecular formula is C18H18N5OS+. The Kier molecular flexibility index (Phi) is 3.85. The minimum Gasteiger partial charge on any atom is -0.491 e. The Morgan fingerprint density at radius 1 is 1.12 bits per heavy atom. The Morgan fingerprint density at radius 2 is 1.92 bits per heavy atom. The molecule has 0 fully saturated rings. The molecule has 2 aromatic heterocycles. The highest BCUT2D eigenvalue weighted by atomic mass is 32.1. The first-order valence-corrected chi connectivity index (χ1v) is 8.82. The molecule has 0 spiro atoms. The van der Waals surface area contributed by atoms with Gasteiger partial charge in [-0.15, -0.1) is 0 Å². The van der Waals surface area contributed by atoms with Crippen LogP contribution in [0.1, 0.15) is 13.8 Å². The third kappa shape index (κ3) is 3.06. The van der Waals surface area contributed by atoms with Gasteiger partial charge in [-0.1, -0.05) is 39.5 Å². The second-order valence-electron chi connectivity index (χ2n) is 5.91. The SMILES string of the molecule is CC(C)Oc1ccc2c(c1)sc1nc(N)nc(Nc3ccccc3)[n+]12. The number of nitrogens with zero attached hydrogens (tertiary/aromatic N) is 3. The van der Waals surface area contributed by atoms with Crippen LogP contribution < -0.4 is 20.2 Å². The van der Waals surface area contributed by atoms with Crippen molar-refractivity contribution in [2.45, 2.75) is 20.0 Å². The highest BCUT2D eigenvalue weighted by Crippen LogP contribution is 2.27. The number of ether oxygens (including phenoxy) is 1. The second kappa shape index (κ2) is 6.18. The van der Waals surface area contributed by atoms with Crippen LogP contribution in [0.25, 0.3) is 15.2 Å². The molecule has 3 N–H and O–H groups in total. The van der Waals surface area contributed by atoms with Gasteiger partial charge in [-0.05, 0) is 38.1 Å². The van der Waals surface area contributed by atoms with E-state index in [0.717, 1.165) is 26.6 Å². The summed E-state index contributed by atoms with van der Waals surface area (Å²) in [6, 6.07) is 15.9. The molecule has 0 atom stereocenters. The molecule has 4 aromatic rings. The van der Waals surface area contributed by atoms with Gasteiger partial charge in [0.25, 0.3) is 0 Å². The van der Waals surface area contributed by atoms with E-state index < -0.39 is 0 Å². The Morgan fingerprint density at radius 3 is 2.68 bits per heavy atom. The number of nitrogens with one attached hydrogen (secondary N) is 1. The summed E-state index contributed by atoms with van der Waals surface area (Å²) in [6.07, 6.45) is 0.130. The molecule has 0 radical (unpaired) electrons. The number of nitrogen functional groups attached to an aromatic ring is 1. The molecule has 0 amide bonds. The van der Waals surface area contributed by atoms with Crippen molar-refractivity contribution in [3.8, 4) is 5.75 Å². The summed E-state index contributed by atoms with van der Waals surface area (Å²) in [5.74, 6) is 1.72. The fourth-order valence-electron chi connectivity index (χ4n) is 2.65. The van der Waals surface area contributed by atoms with Gasteiger partial charge in [-0.2, -0.15) is 4.40 Å². The maximum Gasteiger partial charge on any atom is 0.362 e. The highest BCUT2D eigenvalue weighted by Gasteiger charge is 2.20. The van der Waals surface area contributed by atoms with Crippen molar-refractivity contribution in [1.82, 2.24) is 9.97 Å². The number of nitrogens with two attached hydrogens (primary N) is 1. The molecule has 0 saturated heterocycles. The maximum atomic E-state index is 5.90. The molecule has 0 unspecified atom stereocenters. The minimum absolute atomic E-state index is 0.130. The van der Waals surface area contributed by atoms with Gasteiger partial charge in [-0.25, -0.2) is 0 Å². The molecule has 126 valence electrons. The normalized spacial score (nSPS) is 11.3. The molecule has 7 heteroatoms. The molecule has 0 aliphatic heterocycles. The van der Waals surface area contributed by atoms with Crippen molar-refractivity contribution in [3.05, 3.63) is 48.5 Å². The first kappa shape index (κ1) is 15.6. The molecule has 2 heterocycles. The van der Waals surface area contributed by atoms with E-state index in [9.17, 15) is 0 Å². The van der Waals surface area contributed by atoms with Gasteiger partial charge in [0.05, 0.1) is 16.5 Å². The zero-order valence-electron chi connectivity index (χ0n) is 13.9. The topological polar surface area (TPSA) is 77.2 Å². The van der Waals surface area contributed by atoms with Gasteiger partial charge in [0.2, 0.25) is 0 Å². The van der Waals surface area contributed by atoms with Crippen molar-refractivity contribution in [2.75, 3.05) is 11.1 Å². The molecule has 2 aromatic carbocycles. The third-order valence-electron chi connectivity index (χ3n) is 3.61. The minimum atomic E-state index is 0.130. The molecule has 6 nitrogen and oxygen atoms in total. The number of para-hydroxylation sites is 1. The monoisotopic (exact) mass is 352 g/mol. The van der Waals surface area contributed by atoms with Crippen LogP contribution in [0.3, 0.4) is 0 Å². The quantitative estimate of drug-likeness (QED) is 0.549. The number of anilines is 3. The lowest BCUT2D eigenvalue weighted by molar-refractivity contribution is -0.467. The molecule has 0 bridgehead atoms. The lowest BCUT2D eigenvalue weighted by atomic mass is 10.3. The van der Waals surface area contributed by atoms with Crippen LogP contribution in [-0.2, 0) is 0 Å². The lowest BCUT2D eigenvalue weighted by Gasteiger charge is -2.08. The zero-order chi connectivity index (χ0) is 17.4. The van der Waals surface area contributed by atoms with Crippen LogP contribution in [0, 0.1) is 0 Å². The van der Waals surface area contributed by atoms with Gasteiger partial charge in [-0.3, -0.25) is 5.32 Å². The van der Waals surface area contributed by atoms with Crippen LogP contribution in [-0.4, -0.2) is 16.1 Å². The lowest BCUT2D eigenvalue weighted by Crippen LogP contribution is -2.27. The second-order valence-corrected chi connectivity index (χ2v) is 6.92. The fourth-order valence-corrected chi connectivity index (χ4v) is 3.70. The van der Waals surface area contributed by atoms with Crippen molar-refractivity contribution in [3.63, 3.8) is 0 Å². The van der Waals surface area contributed by atoms with Crippen molar-refractivity contribution < 1.29 is 9.14 Å². The summed E-state index contributed by atoms with van der Waals surface area (Å²) in [5, 5.41) is 3.32. The van der Waals surface area contributed by atoms with E-state index in [1.165, 1.54) is 0 Å². The Labute approximate surface area is 148 Å². The summed E-state index contributed by atoms with van der Waals surface area (Å²) in [6.45, 7) is 4.02. The Bertz CT molecular complexity index is 1050. The van der Waals surface area contributed by atoms with Crippen LogP contribution in [0.15, 0.2) is 48.5 Å². The molecule has 4 rings (SSSR count). The van der Waals surface area contributed by atoms with Gasteiger partial charge in [0.15, 0.2) is 0 Å². The predicted octanol–water partition coefficient (Wildman–Crippen LogP) is 3.54. The molecule has 0 aliphatic carbocycles. The van der Waals surface area contributed by atoms with Crippen molar-refractivity contribution >= 4 is 44.1 Å². The summed E-state index contributed by atoms with van der Waals surface area (Å²) >= 11 is 1.55. The molecule has 0 aliphatic rings. The predicted molar refractivity (Wildman–Crippen MR) is 100 cm³/mol. The first-order chi connectivity index (χ1) is 12.1. The van der Waals surface area contributed by atoms with E-state index in [-0.39, 0.29) is 12.1 Å². The first-order valence-electron chi connectivity index (χ1n) is 8.01. The average Bonchev–Trinajstić information content (AvgIpc) is 2.92.